The molecule has 0 saturated carbocycles. The van der Waals surface area contributed by atoms with Gasteiger partial charge in [0.2, 0.25) is 5.91 Å². The Bertz CT molecular complexity index is 786. The fourth-order valence-corrected chi connectivity index (χ4v) is 3.84. The van der Waals surface area contributed by atoms with Crippen molar-refractivity contribution in [2.24, 2.45) is 5.41 Å². The van der Waals surface area contributed by atoms with E-state index in [4.69, 9.17) is 0 Å². The highest BCUT2D eigenvalue weighted by atomic mass is 19.1. The molecule has 1 aliphatic heterocycles. The summed E-state index contributed by atoms with van der Waals surface area (Å²) in [5, 5.41) is 3.23. The zero-order valence-electron chi connectivity index (χ0n) is 17.7. The summed E-state index contributed by atoms with van der Waals surface area (Å²) in [6.07, 6.45) is 6.05. The second-order valence-electron chi connectivity index (χ2n) is 9.01. The lowest BCUT2D eigenvalue weighted by molar-refractivity contribution is -0.129. The number of benzene rings is 1. The van der Waals surface area contributed by atoms with Crippen LogP contribution in [0.5, 0.6) is 0 Å². The van der Waals surface area contributed by atoms with Crippen LogP contribution in [0.1, 0.15) is 63.8 Å². The van der Waals surface area contributed by atoms with Gasteiger partial charge < -0.3 is 5.32 Å². The minimum Gasteiger partial charge on any atom is -0.347 e. The van der Waals surface area contributed by atoms with E-state index in [1.54, 1.807) is 6.20 Å². The summed E-state index contributed by atoms with van der Waals surface area (Å²) >= 11 is 0. The highest BCUT2D eigenvalue weighted by molar-refractivity contribution is 5.81. The number of nitrogens with zero attached hydrogens (tertiary/aromatic N) is 2. The number of hydrogen-bond donors (Lipinski definition) is 1. The van der Waals surface area contributed by atoms with Gasteiger partial charge in [0.05, 0.1) is 11.7 Å². The van der Waals surface area contributed by atoms with Crippen molar-refractivity contribution in [3.05, 3.63) is 65.7 Å². The molecule has 1 fully saturated rings. The third-order valence-electron chi connectivity index (χ3n) is 5.59. The number of aromatic nitrogens is 1. The second-order valence-corrected chi connectivity index (χ2v) is 9.01. The first-order valence-corrected chi connectivity index (χ1v) is 10.5. The molecule has 1 aliphatic rings. The molecule has 2 heterocycles. The smallest absolute Gasteiger partial charge is 0.225 e. The van der Waals surface area contributed by atoms with E-state index in [0.29, 0.717) is 6.04 Å². The quantitative estimate of drug-likeness (QED) is 0.756. The van der Waals surface area contributed by atoms with Gasteiger partial charge >= 0.3 is 0 Å². The Morgan fingerprint density at radius 2 is 1.97 bits per heavy atom. The van der Waals surface area contributed by atoms with Gasteiger partial charge in [-0.15, -0.1) is 0 Å². The Morgan fingerprint density at radius 3 is 2.62 bits per heavy atom. The highest BCUT2D eigenvalue weighted by Crippen LogP contribution is 2.28. The van der Waals surface area contributed by atoms with Crippen LogP contribution in [0.4, 0.5) is 4.39 Å². The van der Waals surface area contributed by atoms with Crippen LogP contribution in [0, 0.1) is 11.2 Å². The topological polar surface area (TPSA) is 45.2 Å². The van der Waals surface area contributed by atoms with Gasteiger partial charge in [-0.3, -0.25) is 14.7 Å². The largest absolute Gasteiger partial charge is 0.347 e. The van der Waals surface area contributed by atoms with Gasteiger partial charge in [-0.25, -0.2) is 4.39 Å². The zero-order valence-corrected chi connectivity index (χ0v) is 17.7. The standard InChI is InChI=1S/C24H32FN3O/c1-24(2,3)23(29)27-22(21-9-4-6-14-26-21)16-20-8-5-7-15-28(20)17-18-10-12-19(25)13-11-18/h4,6,9-14,20,22H,5,7-8,15-17H2,1-3H3,(H,27,29)/t20-,22+/m1/s1. The Hall–Kier alpha value is -2.27. The van der Waals surface area contributed by atoms with Gasteiger partial charge in [-0.05, 0) is 55.6 Å². The molecule has 5 heteroatoms. The average molecular weight is 398 g/mol. The number of nitrogens with one attached hydrogen (secondary N) is 1. The van der Waals surface area contributed by atoms with Gasteiger partial charge in [0.1, 0.15) is 5.82 Å². The van der Waals surface area contributed by atoms with E-state index >= 15 is 0 Å². The monoisotopic (exact) mass is 397 g/mol. The second kappa shape index (κ2) is 9.49. The van der Waals surface area contributed by atoms with Crippen LogP contribution in [0.25, 0.3) is 0 Å². The number of hydrogen-bond acceptors (Lipinski definition) is 3. The lowest BCUT2D eigenvalue weighted by atomic mass is 9.91. The Kier molecular flexibility index (Phi) is 7.01. The third kappa shape index (κ3) is 6.10. The van der Waals surface area contributed by atoms with E-state index in [0.717, 1.165) is 37.2 Å². The number of amides is 1. The summed E-state index contributed by atoms with van der Waals surface area (Å²) in [7, 11) is 0. The van der Waals surface area contributed by atoms with E-state index in [1.165, 1.54) is 25.0 Å². The molecule has 0 unspecified atom stereocenters. The summed E-state index contributed by atoms with van der Waals surface area (Å²) < 4.78 is 13.3. The SMILES string of the molecule is CC(C)(C)C(=O)N[C@@H](C[C@H]1CCCCN1Cc1ccc(F)cc1)c1ccccn1. The maximum Gasteiger partial charge on any atom is 0.225 e. The van der Waals surface area contributed by atoms with Gasteiger partial charge in [-0.2, -0.15) is 0 Å². The van der Waals surface area contributed by atoms with Crippen molar-refractivity contribution in [2.75, 3.05) is 6.54 Å². The summed E-state index contributed by atoms with van der Waals surface area (Å²) in [5.41, 5.74) is 1.57. The van der Waals surface area contributed by atoms with Crippen molar-refractivity contribution in [1.82, 2.24) is 15.2 Å². The van der Waals surface area contributed by atoms with Crippen molar-refractivity contribution >= 4 is 5.91 Å². The van der Waals surface area contributed by atoms with Crippen LogP contribution in [0.2, 0.25) is 0 Å². The predicted molar refractivity (Wildman–Crippen MR) is 114 cm³/mol. The number of carbonyl (C=O) groups is 1. The van der Waals surface area contributed by atoms with Crippen molar-refractivity contribution in [2.45, 2.75) is 65.1 Å². The molecular weight excluding hydrogens is 365 g/mol. The number of rotatable bonds is 6. The molecule has 1 N–H and O–H groups in total. The minimum atomic E-state index is -0.451. The number of halogens is 1. The van der Waals surface area contributed by atoms with Crippen LogP contribution in [0.15, 0.2) is 48.7 Å². The van der Waals surface area contributed by atoms with Crippen molar-refractivity contribution in [3.8, 4) is 0 Å². The minimum absolute atomic E-state index is 0.0362. The van der Waals surface area contributed by atoms with E-state index in [-0.39, 0.29) is 17.8 Å². The molecule has 1 saturated heterocycles. The Labute approximate surface area is 173 Å². The Morgan fingerprint density at radius 1 is 1.21 bits per heavy atom. The third-order valence-corrected chi connectivity index (χ3v) is 5.59. The van der Waals surface area contributed by atoms with Gasteiger partial charge in [0.25, 0.3) is 0 Å². The van der Waals surface area contributed by atoms with Gasteiger partial charge in [0, 0.05) is 24.2 Å². The fraction of sp³-hybridized carbons (Fsp3) is 0.500. The van der Waals surface area contributed by atoms with Gasteiger partial charge in [-0.1, -0.05) is 45.4 Å². The molecule has 29 heavy (non-hydrogen) atoms. The molecule has 3 rings (SSSR count). The van der Waals surface area contributed by atoms with E-state index in [2.05, 4.69) is 15.2 Å². The highest BCUT2D eigenvalue weighted by Gasteiger charge is 2.30. The van der Waals surface area contributed by atoms with E-state index in [1.807, 2.05) is 51.1 Å². The lowest BCUT2D eigenvalue weighted by Crippen LogP contribution is -2.44. The Balaban J connectivity index is 1.76. The first-order chi connectivity index (χ1) is 13.8. The molecule has 4 nitrogen and oxygen atoms in total. The maximum atomic E-state index is 13.3. The molecule has 156 valence electrons. The van der Waals surface area contributed by atoms with E-state index < -0.39 is 5.41 Å². The first kappa shape index (κ1) is 21.4. The van der Waals surface area contributed by atoms with Crippen molar-refractivity contribution < 1.29 is 9.18 Å². The van der Waals surface area contributed by atoms with Crippen LogP contribution in [0.3, 0.4) is 0 Å². The molecule has 1 aromatic heterocycles. The van der Waals surface area contributed by atoms with Gasteiger partial charge in [0.15, 0.2) is 0 Å². The first-order valence-electron chi connectivity index (χ1n) is 10.5. The van der Waals surface area contributed by atoms with Crippen LogP contribution < -0.4 is 5.32 Å². The molecule has 0 radical (unpaired) electrons. The summed E-state index contributed by atoms with van der Waals surface area (Å²) in [5.74, 6) is -0.168. The number of carbonyl (C=O) groups excluding carboxylic acids is 1. The molecular formula is C24H32FN3O. The summed E-state index contributed by atoms with van der Waals surface area (Å²) in [6.45, 7) is 7.61. The van der Waals surface area contributed by atoms with E-state index in [9.17, 15) is 9.18 Å². The predicted octanol–water partition coefficient (Wildman–Crippen LogP) is 4.87. The summed E-state index contributed by atoms with van der Waals surface area (Å²) in [6, 6.07) is 12.8. The maximum absolute atomic E-state index is 13.3. The number of pyridine rings is 1. The molecule has 1 aromatic carbocycles. The van der Waals surface area contributed by atoms with Crippen molar-refractivity contribution in [1.29, 1.82) is 0 Å². The molecule has 0 bridgehead atoms. The average Bonchev–Trinajstić information content (AvgIpc) is 2.70. The number of piperidine rings is 1. The zero-order chi connectivity index (χ0) is 20.9. The fourth-order valence-electron chi connectivity index (χ4n) is 3.84. The molecule has 2 atom stereocenters. The number of likely N-dealkylation sites (tertiary alicyclic amines) is 1. The van der Waals surface area contributed by atoms with Crippen LogP contribution in [-0.4, -0.2) is 28.4 Å². The normalized spacial score (nSPS) is 19.0. The van der Waals surface area contributed by atoms with Crippen LogP contribution in [-0.2, 0) is 11.3 Å². The molecule has 0 aliphatic carbocycles. The summed E-state index contributed by atoms with van der Waals surface area (Å²) in [4.78, 5) is 19.7. The molecule has 1 amide bonds. The lowest BCUT2D eigenvalue weighted by Gasteiger charge is -2.38. The molecule has 0 spiro atoms. The van der Waals surface area contributed by atoms with Crippen molar-refractivity contribution in [3.63, 3.8) is 0 Å². The van der Waals surface area contributed by atoms with Crippen LogP contribution >= 0.6 is 0 Å². The molecule has 2 aromatic rings.